The SMILES string of the molecule is CCCC1CCCN(CC2(C)CCCCN2)CC1. The van der Waals surface area contributed by atoms with Gasteiger partial charge in [-0.1, -0.05) is 26.2 Å². The van der Waals surface area contributed by atoms with Gasteiger partial charge in [0.1, 0.15) is 0 Å². The van der Waals surface area contributed by atoms with Gasteiger partial charge in [-0.25, -0.2) is 0 Å². The molecule has 2 atom stereocenters. The summed E-state index contributed by atoms with van der Waals surface area (Å²) in [6, 6.07) is 0. The Morgan fingerprint density at radius 1 is 1.17 bits per heavy atom. The highest BCUT2D eigenvalue weighted by molar-refractivity contribution is 4.90. The Balaban J connectivity index is 1.79. The van der Waals surface area contributed by atoms with Crippen LogP contribution in [0.2, 0.25) is 0 Å². The van der Waals surface area contributed by atoms with E-state index in [0.29, 0.717) is 5.54 Å². The maximum atomic E-state index is 3.76. The van der Waals surface area contributed by atoms with Crippen molar-refractivity contribution in [2.45, 2.75) is 70.8 Å². The van der Waals surface area contributed by atoms with Gasteiger partial charge in [-0.15, -0.1) is 0 Å². The Labute approximate surface area is 114 Å². The summed E-state index contributed by atoms with van der Waals surface area (Å²) in [5.41, 5.74) is 0.392. The second-order valence-corrected chi connectivity index (χ2v) is 6.81. The summed E-state index contributed by atoms with van der Waals surface area (Å²) in [5.74, 6) is 1.01. The predicted molar refractivity (Wildman–Crippen MR) is 78.9 cm³/mol. The van der Waals surface area contributed by atoms with Crippen LogP contribution < -0.4 is 5.32 Å². The first-order valence-electron chi connectivity index (χ1n) is 8.19. The molecule has 106 valence electrons. The molecule has 2 aliphatic rings. The maximum absolute atomic E-state index is 3.76. The fourth-order valence-electron chi connectivity index (χ4n) is 3.83. The van der Waals surface area contributed by atoms with Crippen LogP contribution in [0.25, 0.3) is 0 Å². The average molecular weight is 252 g/mol. The van der Waals surface area contributed by atoms with Crippen LogP contribution in [0.15, 0.2) is 0 Å². The highest BCUT2D eigenvalue weighted by Crippen LogP contribution is 2.25. The zero-order chi connectivity index (χ0) is 12.8. The normalized spacial score (nSPS) is 35.3. The number of likely N-dealkylation sites (tertiary alicyclic amines) is 1. The average Bonchev–Trinajstić information content (AvgIpc) is 2.56. The van der Waals surface area contributed by atoms with Gasteiger partial charge in [0.25, 0.3) is 0 Å². The van der Waals surface area contributed by atoms with Gasteiger partial charge in [-0.3, -0.25) is 0 Å². The molecule has 0 bridgehead atoms. The van der Waals surface area contributed by atoms with Crippen molar-refractivity contribution in [2.24, 2.45) is 5.92 Å². The zero-order valence-electron chi connectivity index (χ0n) is 12.5. The number of hydrogen-bond donors (Lipinski definition) is 1. The molecule has 2 rings (SSSR count). The number of rotatable bonds is 4. The summed E-state index contributed by atoms with van der Waals surface area (Å²) >= 11 is 0. The Morgan fingerprint density at radius 3 is 2.78 bits per heavy atom. The molecule has 2 heterocycles. The molecule has 0 radical (unpaired) electrons. The third-order valence-electron chi connectivity index (χ3n) is 4.92. The summed E-state index contributed by atoms with van der Waals surface area (Å²) in [6.07, 6.45) is 11.3. The van der Waals surface area contributed by atoms with Crippen LogP contribution in [0, 0.1) is 5.92 Å². The Hall–Kier alpha value is -0.0800. The van der Waals surface area contributed by atoms with Gasteiger partial charge < -0.3 is 10.2 Å². The van der Waals surface area contributed by atoms with Gasteiger partial charge in [0.15, 0.2) is 0 Å². The van der Waals surface area contributed by atoms with Crippen molar-refractivity contribution in [3.05, 3.63) is 0 Å². The molecule has 2 fully saturated rings. The minimum Gasteiger partial charge on any atom is -0.310 e. The lowest BCUT2D eigenvalue weighted by Gasteiger charge is -2.39. The third kappa shape index (κ3) is 4.24. The second-order valence-electron chi connectivity index (χ2n) is 6.81. The molecule has 0 spiro atoms. The molecular weight excluding hydrogens is 220 g/mol. The lowest BCUT2D eigenvalue weighted by Crippen LogP contribution is -2.53. The van der Waals surface area contributed by atoms with Gasteiger partial charge in [0.2, 0.25) is 0 Å². The second kappa shape index (κ2) is 6.91. The summed E-state index contributed by atoms with van der Waals surface area (Å²) in [4.78, 5) is 2.73. The molecule has 2 heteroatoms. The van der Waals surface area contributed by atoms with E-state index in [9.17, 15) is 0 Å². The van der Waals surface area contributed by atoms with Crippen LogP contribution in [0.4, 0.5) is 0 Å². The molecule has 18 heavy (non-hydrogen) atoms. The van der Waals surface area contributed by atoms with E-state index in [-0.39, 0.29) is 0 Å². The first kappa shape index (κ1) is 14.3. The van der Waals surface area contributed by atoms with Crippen LogP contribution >= 0.6 is 0 Å². The Bertz CT molecular complexity index is 233. The number of nitrogens with one attached hydrogen (secondary N) is 1. The fraction of sp³-hybridized carbons (Fsp3) is 1.00. The quantitative estimate of drug-likeness (QED) is 0.825. The molecule has 1 N–H and O–H groups in total. The molecule has 0 aliphatic carbocycles. The maximum Gasteiger partial charge on any atom is 0.0280 e. The topological polar surface area (TPSA) is 15.3 Å². The number of hydrogen-bond acceptors (Lipinski definition) is 2. The standard InChI is InChI=1S/C16H32N2/c1-3-7-15-8-6-12-18(13-9-15)14-16(2)10-4-5-11-17-16/h15,17H,3-14H2,1-2H3. The first-order valence-corrected chi connectivity index (χ1v) is 8.19. The van der Waals surface area contributed by atoms with Crippen LogP contribution in [0.3, 0.4) is 0 Å². The molecule has 2 aliphatic heterocycles. The van der Waals surface area contributed by atoms with Crippen LogP contribution in [0.5, 0.6) is 0 Å². The van der Waals surface area contributed by atoms with Crippen molar-refractivity contribution < 1.29 is 0 Å². The fourth-order valence-corrected chi connectivity index (χ4v) is 3.83. The molecular formula is C16H32N2. The van der Waals surface area contributed by atoms with Gasteiger partial charge in [-0.05, 0) is 64.6 Å². The summed E-state index contributed by atoms with van der Waals surface area (Å²) in [7, 11) is 0. The largest absolute Gasteiger partial charge is 0.310 e. The van der Waals surface area contributed by atoms with E-state index in [1.807, 2.05) is 0 Å². The van der Waals surface area contributed by atoms with Crippen molar-refractivity contribution in [1.29, 1.82) is 0 Å². The van der Waals surface area contributed by atoms with Gasteiger partial charge in [-0.2, -0.15) is 0 Å². The minimum atomic E-state index is 0.392. The minimum absolute atomic E-state index is 0.392. The number of nitrogens with zero attached hydrogens (tertiary/aromatic N) is 1. The Kier molecular flexibility index (Phi) is 5.50. The summed E-state index contributed by atoms with van der Waals surface area (Å²) < 4.78 is 0. The van der Waals surface area contributed by atoms with E-state index in [4.69, 9.17) is 0 Å². The van der Waals surface area contributed by atoms with Gasteiger partial charge >= 0.3 is 0 Å². The van der Waals surface area contributed by atoms with E-state index >= 15 is 0 Å². The number of piperidine rings is 1. The molecule has 0 amide bonds. The van der Waals surface area contributed by atoms with Crippen molar-refractivity contribution in [2.75, 3.05) is 26.2 Å². The van der Waals surface area contributed by atoms with E-state index in [0.717, 1.165) is 5.92 Å². The van der Waals surface area contributed by atoms with Crippen LogP contribution in [-0.2, 0) is 0 Å². The van der Waals surface area contributed by atoms with E-state index in [1.165, 1.54) is 77.5 Å². The summed E-state index contributed by atoms with van der Waals surface area (Å²) in [6.45, 7) is 9.92. The van der Waals surface area contributed by atoms with Crippen molar-refractivity contribution in [1.82, 2.24) is 10.2 Å². The molecule has 2 unspecified atom stereocenters. The van der Waals surface area contributed by atoms with Gasteiger partial charge in [0, 0.05) is 12.1 Å². The highest BCUT2D eigenvalue weighted by Gasteiger charge is 2.29. The smallest absolute Gasteiger partial charge is 0.0280 e. The summed E-state index contributed by atoms with van der Waals surface area (Å²) in [5, 5.41) is 3.76. The lowest BCUT2D eigenvalue weighted by atomic mass is 9.90. The van der Waals surface area contributed by atoms with E-state index in [1.54, 1.807) is 0 Å². The zero-order valence-corrected chi connectivity index (χ0v) is 12.5. The predicted octanol–water partition coefficient (Wildman–Crippen LogP) is 3.42. The molecule has 0 aromatic heterocycles. The molecule has 2 nitrogen and oxygen atoms in total. The molecule has 2 saturated heterocycles. The van der Waals surface area contributed by atoms with E-state index < -0.39 is 0 Å². The van der Waals surface area contributed by atoms with Crippen LogP contribution in [-0.4, -0.2) is 36.6 Å². The molecule has 0 aromatic rings. The van der Waals surface area contributed by atoms with Crippen molar-refractivity contribution in [3.8, 4) is 0 Å². The monoisotopic (exact) mass is 252 g/mol. The first-order chi connectivity index (χ1) is 8.72. The van der Waals surface area contributed by atoms with E-state index in [2.05, 4.69) is 24.1 Å². The Morgan fingerprint density at radius 2 is 2.06 bits per heavy atom. The van der Waals surface area contributed by atoms with Crippen LogP contribution in [0.1, 0.15) is 65.2 Å². The molecule has 0 saturated carbocycles. The highest BCUT2D eigenvalue weighted by atomic mass is 15.2. The molecule has 0 aromatic carbocycles. The van der Waals surface area contributed by atoms with Crippen molar-refractivity contribution in [3.63, 3.8) is 0 Å². The third-order valence-corrected chi connectivity index (χ3v) is 4.92. The lowest BCUT2D eigenvalue weighted by molar-refractivity contribution is 0.166. The van der Waals surface area contributed by atoms with Gasteiger partial charge in [0.05, 0.1) is 0 Å². The van der Waals surface area contributed by atoms with Crippen molar-refractivity contribution >= 4 is 0 Å².